The zero-order valence-electron chi connectivity index (χ0n) is 13.8. The summed E-state index contributed by atoms with van der Waals surface area (Å²) < 4.78 is 5.59. The van der Waals surface area contributed by atoms with Crippen molar-refractivity contribution in [3.63, 3.8) is 0 Å². The van der Waals surface area contributed by atoms with Gasteiger partial charge < -0.3 is 15.4 Å². The zero-order chi connectivity index (χ0) is 15.9. The molecule has 1 aromatic carbocycles. The molecule has 0 aromatic heterocycles. The van der Waals surface area contributed by atoms with Crippen molar-refractivity contribution in [2.75, 3.05) is 13.7 Å². The fourth-order valence-corrected chi connectivity index (χ4v) is 3.25. The first-order chi connectivity index (χ1) is 10.6. The van der Waals surface area contributed by atoms with Crippen molar-refractivity contribution in [3.8, 4) is 0 Å². The molecule has 4 atom stereocenters. The third kappa shape index (κ3) is 4.55. The van der Waals surface area contributed by atoms with E-state index >= 15 is 0 Å². The minimum absolute atomic E-state index is 0.0635. The van der Waals surface area contributed by atoms with Gasteiger partial charge in [-0.1, -0.05) is 37.3 Å². The minimum atomic E-state index is -0.154. The molecule has 1 amide bonds. The predicted octanol–water partition coefficient (Wildman–Crippen LogP) is 2.14. The SMILES string of the molecule is CO[C@@H]([C@@H]1CCCN1)[C@@H](C)C(=O)N[C@H](C)Cc1ccccc1. The third-order valence-electron chi connectivity index (χ3n) is 4.45. The predicted molar refractivity (Wildman–Crippen MR) is 88.7 cm³/mol. The van der Waals surface area contributed by atoms with Gasteiger partial charge in [0.15, 0.2) is 0 Å². The fourth-order valence-electron chi connectivity index (χ4n) is 3.25. The zero-order valence-corrected chi connectivity index (χ0v) is 13.8. The van der Waals surface area contributed by atoms with Crippen molar-refractivity contribution in [1.82, 2.24) is 10.6 Å². The van der Waals surface area contributed by atoms with Crippen LogP contribution in [0, 0.1) is 5.92 Å². The Bertz CT molecular complexity index is 457. The highest BCUT2D eigenvalue weighted by molar-refractivity contribution is 5.79. The summed E-state index contributed by atoms with van der Waals surface area (Å²) in [6, 6.07) is 10.6. The number of hydrogen-bond donors (Lipinski definition) is 2. The van der Waals surface area contributed by atoms with E-state index in [4.69, 9.17) is 4.74 Å². The molecule has 4 nitrogen and oxygen atoms in total. The van der Waals surface area contributed by atoms with Crippen LogP contribution in [0.4, 0.5) is 0 Å². The lowest BCUT2D eigenvalue weighted by atomic mass is 9.95. The lowest BCUT2D eigenvalue weighted by Gasteiger charge is -2.28. The largest absolute Gasteiger partial charge is 0.379 e. The summed E-state index contributed by atoms with van der Waals surface area (Å²) in [5, 5.41) is 6.55. The van der Waals surface area contributed by atoms with Gasteiger partial charge in [0.2, 0.25) is 5.91 Å². The van der Waals surface area contributed by atoms with Crippen LogP contribution in [0.1, 0.15) is 32.3 Å². The molecule has 0 aliphatic carbocycles. The first-order valence-corrected chi connectivity index (χ1v) is 8.22. The van der Waals surface area contributed by atoms with Crippen molar-refractivity contribution in [1.29, 1.82) is 0 Å². The fraction of sp³-hybridized carbons (Fsp3) is 0.611. The van der Waals surface area contributed by atoms with E-state index in [-0.39, 0.29) is 30.0 Å². The molecule has 1 aliphatic heterocycles. The molecule has 0 unspecified atom stereocenters. The molecule has 0 saturated carbocycles. The highest BCUT2D eigenvalue weighted by Gasteiger charge is 2.33. The number of benzene rings is 1. The van der Waals surface area contributed by atoms with Gasteiger partial charge in [-0.3, -0.25) is 4.79 Å². The Hall–Kier alpha value is -1.39. The summed E-state index contributed by atoms with van der Waals surface area (Å²) in [7, 11) is 1.70. The summed E-state index contributed by atoms with van der Waals surface area (Å²) in [5.74, 6) is -0.0807. The van der Waals surface area contributed by atoms with Crippen LogP contribution in [0.2, 0.25) is 0 Å². The minimum Gasteiger partial charge on any atom is -0.379 e. The maximum Gasteiger partial charge on any atom is 0.225 e. The van der Waals surface area contributed by atoms with Crippen LogP contribution in [0.5, 0.6) is 0 Å². The molecule has 1 fully saturated rings. The molecule has 0 spiro atoms. The molecule has 0 radical (unpaired) electrons. The number of hydrogen-bond acceptors (Lipinski definition) is 3. The maximum atomic E-state index is 12.5. The van der Waals surface area contributed by atoms with Crippen LogP contribution >= 0.6 is 0 Å². The number of methoxy groups -OCH3 is 1. The first kappa shape index (κ1) is 17.0. The van der Waals surface area contributed by atoms with E-state index in [0.29, 0.717) is 0 Å². The topological polar surface area (TPSA) is 50.4 Å². The maximum absolute atomic E-state index is 12.5. The monoisotopic (exact) mass is 304 g/mol. The number of carbonyl (C=O) groups excluding carboxylic acids is 1. The van der Waals surface area contributed by atoms with Gasteiger partial charge in [-0.05, 0) is 38.3 Å². The van der Waals surface area contributed by atoms with Gasteiger partial charge in [0.05, 0.1) is 12.0 Å². The van der Waals surface area contributed by atoms with Crippen LogP contribution in [-0.4, -0.2) is 37.7 Å². The van der Waals surface area contributed by atoms with E-state index in [1.165, 1.54) is 5.56 Å². The second kappa shape index (κ2) is 8.30. The Kier molecular flexibility index (Phi) is 6.40. The summed E-state index contributed by atoms with van der Waals surface area (Å²) in [6.45, 7) is 5.02. The van der Waals surface area contributed by atoms with Crippen molar-refractivity contribution in [2.24, 2.45) is 5.92 Å². The highest BCUT2D eigenvalue weighted by atomic mass is 16.5. The van der Waals surface area contributed by atoms with Gasteiger partial charge in [0.25, 0.3) is 0 Å². The standard InChI is InChI=1S/C18H28N2O2/c1-13(12-15-8-5-4-6-9-15)20-18(21)14(2)17(22-3)16-10-7-11-19-16/h4-6,8-9,13-14,16-17,19H,7,10-12H2,1-3H3,(H,20,21)/t13-,14-,16+,17-/m1/s1. The van der Waals surface area contributed by atoms with Crippen molar-refractivity contribution < 1.29 is 9.53 Å². The molecular formula is C18H28N2O2. The Morgan fingerprint density at radius 1 is 1.36 bits per heavy atom. The number of nitrogens with one attached hydrogen (secondary N) is 2. The molecule has 4 heteroatoms. The Balaban J connectivity index is 1.86. The third-order valence-corrected chi connectivity index (χ3v) is 4.45. The normalized spacial score (nSPS) is 22.0. The van der Waals surface area contributed by atoms with Crippen molar-refractivity contribution in [2.45, 2.75) is 51.3 Å². The van der Waals surface area contributed by atoms with Crippen LogP contribution in [0.15, 0.2) is 30.3 Å². The lowest BCUT2D eigenvalue weighted by Crippen LogP contribution is -2.48. The molecule has 1 saturated heterocycles. The van der Waals surface area contributed by atoms with Crippen molar-refractivity contribution >= 4 is 5.91 Å². The second-order valence-corrected chi connectivity index (χ2v) is 6.29. The van der Waals surface area contributed by atoms with Gasteiger partial charge in [0.1, 0.15) is 0 Å². The molecule has 1 aromatic rings. The Morgan fingerprint density at radius 3 is 2.68 bits per heavy atom. The van der Waals surface area contributed by atoms with Gasteiger partial charge in [-0.2, -0.15) is 0 Å². The van der Waals surface area contributed by atoms with Crippen molar-refractivity contribution in [3.05, 3.63) is 35.9 Å². The summed E-state index contributed by atoms with van der Waals surface area (Å²) >= 11 is 0. The molecule has 1 heterocycles. The molecule has 22 heavy (non-hydrogen) atoms. The first-order valence-electron chi connectivity index (χ1n) is 8.22. The highest BCUT2D eigenvalue weighted by Crippen LogP contribution is 2.19. The van der Waals surface area contributed by atoms with Crippen LogP contribution < -0.4 is 10.6 Å². The van der Waals surface area contributed by atoms with Crippen LogP contribution in [0.3, 0.4) is 0 Å². The van der Waals surface area contributed by atoms with E-state index in [1.54, 1.807) is 7.11 Å². The van der Waals surface area contributed by atoms with Gasteiger partial charge in [0, 0.05) is 19.2 Å². The summed E-state index contributed by atoms with van der Waals surface area (Å²) in [6.07, 6.45) is 3.02. The van der Waals surface area contributed by atoms with Crippen LogP contribution in [-0.2, 0) is 16.0 Å². The molecule has 0 bridgehead atoms. The number of carbonyl (C=O) groups is 1. The van der Waals surface area contributed by atoms with Gasteiger partial charge in [-0.15, -0.1) is 0 Å². The van der Waals surface area contributed by atoms with Crippen LogP contribution in [0.25, 0.3) is 0 Å². The molecule has 2 rings (SSSR count). The van der Waals surface area contributed by atoms with E-state index in [9.17, 15) is 4.79 Å². The van der Waals surface area contributed by atoms with E-state index in [1.807, 2.05) is 32.0 Å². The number of rotatable bonds is 7. The average molecular weight is 304 g/mol. The van der Waals surface area contributed by atoms with E-state index in [0.717, 1.165) is 25.8 Å². The number of amides is 1. The molecule has 1 aliphatic rings. The molecular weight excluding hydrogens is 276 g/mol. The van der Waals surface area contributed by atoms with Gasteiger partial charge >= 0.3 is 0 Å². The average Bonchev–Trinajstić information content (AvgIpc) is 3.02. The summed E-state index contributed by atoms with van der Waals surface area (Å²) in [4.78, 5) is 12.5. The molecule has 122 valence electrons. The molecule has 2 N–H and O–H groups in total. The Morgan fingerprint density at radius 2 is 2.09 bits per heavy atom. The van der Waals surface area contributed by atoms with E-state index in [2.05, 4.69) is 22.8 Å². The smallest absolute Gasteiger partial charge is 0.225 e. The number of ether oxygens (including phenoxy) is 1. The summed E-state index contributed by atoms with van der Waals surface area (Å²) in [5.41, 5.74) is 1.24. The quantitative estimate of drug-likeness (QED) is 0.811. The van der Waals surface area contributed by atoms with Gasteiger partial charge in [-0.25, -0.2) is 0 Å². The van der Waals surface area contributed by atoms with E-state index < -0.39 is 0 Å². The Labute approximate surface area is 133 Å². The second-order valence-electron chi connectivity index (χ2n) is 6.29. The lowest BCUT2D eigenvalue weighted by molar-refractivity contribution is -0.130.